The van der Waals surface area contributed by atoms with Crippen molar-refractivity contribution in [3.05, 3.63) is 35.6 Å². The van der Waals surface area contributed by atoms with Gasteiger partial charge in [0, 0.05) is 19.4 Å². The van der Waals surface area contributed by atoms with Crippen molar-refractivity contribution in [3.63, 3.8) is 0 Å². The largest absolute Gasteiger partial charge is 0.480 e. The van der Waals surface area contributed by atoms with Gasteiger partial charge in [-0.2, -0.15) is 0 Å². The summed E-state index contributed by atoms with van der Waals surface area (Å²) in [6.45, 7) is 0.593. The van der Waals surface area contributed by atoms with Gasteiger partial charge in [-0.3, -0.25) is 0 Å². The number of hydrogen-bond acceptors (Lipinski definition) is 6. The van der Waals surface area contributed by atoms with Crippen LogP contribution in [0.4, 0.5) is 0 Å². The molecule has 2 N–H and O–H groups in total. The molecule has 4 aromatic heterocycles. The average Bonchev–Trinajstić information content (AvgIpc) is 3.35. The number of aromatic amines is 1. The second-order valence-electron chi connectivity index (χ2n) is 5.72. The molecule has 26 heavy (non-hydrogen) atoms. The van der Waals surface area contributed by atoms with Crippen molar-refractivity contribution in [1.29, 1.82) is 0 Å². The fourth-order valence-electron chi connectivity index (χ4n) is 2.98. The Morgan fingerprint density at radius 2 is 2.19 bits per heavy atom. The topological polar surface area (TPSA) is 98.5 Å². The van der Waals surface area contributed by atoms with Crippen molar-refractivity contribution in [1.82, 2.24) is 39.6 Å². The fourth-order valence-corrected chi connectivity index (χ4v) is 3.21. The highest BCUT2D eigenvalue weighted by molar-refractivity contribution is 6.32. The number of rotatable bonds is 5. The summed E-state index contributed by atoms with van der Waals surface area (Å²) in [7, 11) is 5.33. The number of H-pyrrole nitrogens is 1. The molecule has 0 aromatic carbocycles. The minimum absolute atomic E-state index is 0.367. The third-order valence-corrected chi connectivity index (χ3v) is 4.40. The number of halogens is 1. The lowest BCUT2D eigenvalue weighted by atomic mass is 10.3. The molecule has 0 amide bonds. The Balaban J connectivity index is 2.04. The third kappa shape index (κ3) is 2.52. The van der Waals surface area contributed by atoms with Crippen molar-refractivity contribution in [2.24, 2.45) is 7.05 Å². The van der Waals surface area contributed by atoms with Gasteiger partial charge in [-0.05, 0) is 13.1 Å². The van der Waals surface area contributed by atoms with E-state index in [-0.39, 0.29) is 0 Å². The predicted molar refractivity (Wildman–Crippen MR) is 97.5 cm³/mol. The van der Waals surface area contributed by atoms with Gasteiger partial charge in [-0.15, -0.1) is 10.2 Å². The first-order valence-electron chi connectivity index (χ1n) is 7.91. The summed E-state index contributed by atoms with van der Waals surface area (Å²) in [6.07, 6.45) is 5.28. The molecular weight excluding hydrogens is 356 g/mol. The Labute approximate surface area is 154 Å². The lowest BCUT2D eigenvalue weighted by Crippen LogP contribution is -2.06. The number of pyridine rings is 1. The maximum Gasteiger partial charge on any atom is 0.233 e. The van der Waals surface area contributed by atoms with E-state index in [1.807, 2.05) is 35.5 Å². The number of ether oxygens (including phenoxy) is 1. The molecule has 9 nitrogen and oxygen atoms in total. The van der Waals surface area contributed by atoms with Gasteiger partial charge in [0.05, 0.1) is 25.5 Å². The molecule has 0 unspecified atom stereocenters. The number of hydrogen-bond donors (Lipinski definition) is 2. The number of nitrogens with zero attached hydrogens (tertiary/aromatic N) is 6. The van der Waals surface area contributed by atoms with Gasteiger partial charge in [-0.25, -0.2) is 9.97 Å². The fraction of sp³-hybridized carbons (Fsp3) is 0.250. The Kier molecular flexibility index (Phi) is 4.09. The Hall–Kier alpha value is -2.91. The minimum atomic E-state index is 0.367. The van der Waals surface area contributed by atoms with Crippen molar-refractivity contribution < 1.29 is 4.74 Å². The van der Waals surface area contributed by atoms with Crippen LogP contribution in [0.3, 0.4) is 0 Å². The first-order valence-corrected chi connectivity index (χ1v) is 8.29. The second kappa shape index (κ2) is 6.43. The summed E-state index contributed by atoms with van der Waals surface area (Å²) in [6, 6.07) is 1.83. The van der Waals surface area contributed by atoms with Crippen LogP contribution in [0.25, 0.3) is 28.2 Å². The van der Waals surface area contributed by atoms with Crippen LogP contribution in [-0.2, 0) is 13.6 Å². The molecule has 0 saturated heterocycles. The zero-order valence-corrected chi connectivity index (χ0v) is 15.2. The SMILES string of the molecule is CNCc1nnc(-c2c(-n3ccnc3)c3nc(OC)c(Cl)cc3n2C)[nH]1. The molecule has 0 radical (unpaired) electrons. The van der Waals surface area contributed by atoms with E-state index in [0.717, 1.165) is 28.2 Å². The van der Waals surface area contributed by atoms with Crippen LogP contribution in [0.2, 0.25) is 5.02 Å². The summed E-state index contributed by atoms with van der Waals surface area (Å²) < 4.78 is 9.16. The standard InChI is InChI=1S/C16H17ClN8O/c1-18-7-11-20-15(23-22-11)14-13(25-5-4-19-8-25)12-10(24(14)2)6-9(17)16(21-12)26-3/h4-6,8,18H,7H2,1-3H3,(H,20,22,23). The van der Waals surface area contributed by atoms with Crippen LogP contribution in [0.15, 0.2) is 24.8 Å². The Morgan fingerprint density at radius 1 is 1.35 bits per heavy atom. The highest BCUT2D eigenvalue weighted by atomic mass is 35.5. The number of imidazole rings is 1. The van der Waals surface area contributed by atoms with Gasteiger partial charge < -0.3 is 24.2 Å². The Morgan fingerprint density at radius 3 is 2.88 bits per heavy atom. The van der Waals surface area contributed by atoms with Gasteiger partial charge in [0.25, 0.3) is 0 Å². The first kappa shape index (κ1) is 16.6. The molecule has 4 aromatic rings. The van der Waals surface area contributed by atoms with Crippen LogP contribution >= 0.6 is 11.6 Å². The molecule has 0 bridgehead atoms. The maximum absolute atomic E-state index is 6.29. The molecule has 0 atom stereocenters. The lowest BCUT2D eigenvalue weighted by Gasteiger charge is -2.05. The molecule has 0 fully saturated rings. The molecule has 0 aliphatic heterocycles. The smallest absolute Gasteiger partial charge is 0.233 e. The summed E-state index contributed by atoms with van der Waals surface area (Å²) in [5.41, 5.74) is 3.22. The van der Waals surface area contributed by atoms with Gasteiger partial charge in [0.1, 0.15) is 27.7 Å². The van der Waals surface area contributed by atoms with Crippen LogP contribution in [0.5, 0.6) is 5.88 Å². The molecule has 0 spiro atoms. The number of fused-ring (bicyclic) bond motifs is 1. The van der Waals surface area contributed by atoms with E-state index in [1.165, 1.54) is 0 Å². The van der Waals surface area contributed by atoms with Crippen molar-refractivity contribution in [2.45, 2.75) is 6.54 Å². The first-order chi connectivity index (χ1) is 12.6. The minimum Gasteiger partial charge on any atom is -0.480 e. The van der Waals surface area contributed by atoms with Gasteiger partial charge >= 0.3 is 0 Å². The number of aromatic nitrogens is 7. The molecule has 10 heteroatoms. The van der Waals surface area contributed by atoms with E-state index < -0.39 is 0 Å². The van der Waals surface area contributed by atoms with Gasteiger partial charge in [0.15, 0.2) is 5.82 Å². The lowest BCUT2D eigenvalue weighted by molar-refractivity contribution is 0.400. The van der Waals surface area contributed by atoms with E-state index in [4.69, 9.17) is 16.3 Å². The molecule has 4 heterocycles. The summed E-state index contributed by atoms with van der Waals surface area (Å²) in [5, 5.41) is 12.0. The van der Waals surface area contributed by atoms with Gasteiger partial charge in [0.2, 0.25) is 5.88 Å². The van der Waals surface area contributed by atoms with Crippen molar-refractivity contribution in [2.75, 3.05) is 14.2 Å². The number of methoxy groups -OCH3 is 1. The normalized spacial score (nSPS) is 11.4. The maximum atomic E-state index is 6.29. The van der Waals surface area contributed by atoms with Crippen molar-refractivity contribution in [3.8, 4) is 23.1 Å². The monoisotopic (exact) mass is 372 g/mol. The summed E-state index contributed by atoms with van der Waals surface area (Å²) >= 11 is 6.29. The number of nitrogens with one attached hydrogen (secondary N) is 2. The van der Waals surface area contributed by atoms with Crippen LogP contribution < -0.4 is 10.1 Å². The molecule has 134 valence electrons. The van der Waals surface area contributed by atoms with E-state index in [0.29, 0.717) is 23.3 Å². The summed E-state index contributed by atoms with van der Waals surface area (Å²) in [4.78, 5) is 12.0. The second-order valence-corrected chi connectivity index (χ2v) is 6.13. The van der Waals surface area contributed by atoms with Crippen LogP contribution in [0, 0.1) is 0 Å². The Bertz CT molecular complexity index is 1070. The van der Waals surface area contributed by atoms with E-state index in [2.05, 4.69) is 30.5 Å². The van der Waals surface area contributed by atoms with E-state index in [1.54, 1.807) is 19.6 Å². The quantitative estimate of drug-likeness (QED) is 0.555. The zero-order chi connectivity index (χ0) is 18.3. The van der Waals surface area contributed by atoms with Crippen LogP contribution in [-0.4, -0.2) is 48.4 Å². The summed E-state index contributed by atoms with van der Waals surface area (Å²) in [5.74, 6) is 1.74. The molecular formula is C16H17ClN8O. The van der Waals surface area contributed by atoms with E-state index in [9.17, 15) is 0 Å². The average molecular weight is 373 g/mol. The number of aryl methyl sites for hydroxylation is 1. The zero-order valence-electron chi connectivity index (χ0n) is 14.5. The third-order valence-electron chi connectivity index (χ3n) is 4.13. The van der Waals surface area contributed by atoms with Gasteiger partial charge in [-0.1, -0.05) is 11.6 Å². The molecule has 0 saturated carbocycles. The highest BCUT2D eigenvalue weighted by Crippen LogP contribution is 2.37. The van der Waals surface area contributed by atoms with Crippen molar-refractivity contribution >= 4 is 22.6 Å². The van der Waals surface area contributed by atoms with Crippen LogP contribution in [0.1, 0.15) is 5.82 Å². The molecule has 4 rings (SSSR count). The molecule has 0 aliphatic carbocycles. The predicted octanol–water partition coefficient (Wildman–Crippen LogP) is 1.93. The highest BCUT2D eigenvalue weighted by Gasteiger charge is 2.23. The molecule has 0 aliphatic rings. The van der Waals surface area contributed by atoms with E-state index >= 15 is 0 Å².